The predicted molar refractivity (Wildman–Crippen MR) is 120 cm³/mol. The molecule has 3 aromatic rings. The Morgan fingerprint density at radius 2 is 1.60 bits per heavy atom. The van der Waals surface area contributed by atoms with Gasteiger partial charge in [0, 0.05) is 22.4 Å². The minimum absolute atomic E-state index is 0.0497. The van der Waals surface area contributed by atoms with Gasteiger partial charge in [-0.05, 0) is 61.4 Å². The van der Waals surface area contributed by atoms with Crippen LogP contribution in [-0.2, 0) is 0 Å². The second-order valence-corrected chi connectivity index (χ2v) is 8.42. The molecule has 0 unspecified atom stereocenters. The summed E-state index contributed by atoms with van der Waals surface area (Å²) in [4.78, 5) is 6.02. The normalized spacial score (nSPS) is 10.8. The van der Waals surface area contributed by atoms with Gasteiger partial charge in [0.05, 0.1) is 23.9 Å². The summed E-state index contributed by atoms with van der Waals surface area (Å²) in [6, 6.07) is 15.1. The van der Waals surface area contributed by atoms with E-state index >= 15 is 0 Å². The van der Waals surface area contributed by atoms with Gasteiger partial charge < -0.3 is 9.47 Å². The lowest BCUT2D eigenvalue weighted by Crippen LogP contribution is -2.18. The van der Waals surface area contributed by atoms with E-state index in [2.05, 4.69) is 26.0 Å². The van der Waals surface area contributed by atoms with Gasteiger partial charge in [-0.1, -0.05) is 13.8 Å². The number of thiazole rings is 1. The van der Waals surface area contributed by atoms with Crippen molar-refractivity contribution in [2.75, 3.05) is 13.2 Å². The highest BCUT2D eigenvalue weighted by atomic mass is 32.1. The summed E-state index contributed by atoms with van der Waals surface area (Å²) in [5.41, 5.74) is 4.60. The Bertz CT molecular complexity index is 966. The first-order valence-corrected chi connectivity index (χ1v) is 10.7. The van der Waals surface area contributed by atoms with Crippen molar-refractivity contribution in [3.63, 3.8) is 0 Å². The molecule has 30 heavy (non-hydrogen) atoms. The van der Waals surface area contributed by atoms with Gasteiger partial charge in [0.25, 0.3) is 0 Å². The first-order chi connectivity index (χ1) is 14.5. The summed E-state index contributed by atoms with van der Waals surface area (Å²) < 4.78 is 11.5. The molecule has 3 rings (SSSR count). The molecule has 1 heterocycles. The summed E-state index contributed by atoms with van der Waals surface area (Å²) in [6.45, 7) is 7.53. The zero-order valence-electron chi connectivity index (χ0n) is 17.4. The van der Waals surface area contributed by atoms with Crippen LogP contribution in [0.5, 0.6) is 11.5 Å². The molecule has 0 aliphatic carbocycles. The van der Waals surface area contributed by atoms with Gasteiger partial charge in [-0.25, -0.2) is 4.98 Å². The van der Waals surface area contributed by atoms with E-state index in [9.17, 15) is 0 Å². The van der Waals surface area contributed by atoms with Crippen molar-refractivity contribution in [2.45, 2.75) is 33.1 Å². The van der Waals surface area contributed by atoms with E-state index in [0.29, 0.717) is 30.4 Å². The van der Waals surface area contributed by atoms with Crippen LogP contribution in [0.25, 0.3) is 11.3 Å². The third-order valence-corrected chi connectivity index (χ3v) is 5.76. The van der Waals surface area contributed by atoms with Crippen LogP contribution < -0.4 is 15.0 Å². The largest absolute Gasteiger partial charge is 0.493 e. The number of nitrogens with one attached hydrogen (secondary N) is 2. The number of hydroxylamine groups is 1. The molecule has 0 fully saturated rings. The minimum atomic E-state index is -0.0497. The molecule has 6 nitrogen and oxygen atoms in total. The topological polar surface area (TPSA) is 87.5 Å². The lowest BCUT2D eigenvalue weighted by molar-refractivity contribution is 0.234. The second-order valence-electron chi connectivity index (χ2n) is 7.19. The molecule has 2 aromatic carbocycles. The Kier molecular flexibility index (Phi) is 7.43. The maximum Gasteiger partial charge on any atom is 0.149 e. The van der Waals surface area contributed by atoms with Crippen LogP contribution in [0.15, 0.2) is 48.5 Å². The molecule has 0 aliphatic rings. The summed E-state index contributed by atoms with van der Waals surface area (Å²) >= 11 is 1.76. The van der Waals surface area contributed by atoms with Crippen molar-refractivity contribution >= 4 is 17.2 Å². The zero-order chi connectivity index (χ0) is 21.5. The average molecular weight is 426 g/mol. The Morgan fingerprint density at radius 3 is 2.13 bits per heavy atom. The molecule has 7 heteroatoms. The zero-order valence-corrected chi connectivity index (χ0v) is 18.3. The van der Waals surface area contributed by atoms with Crippen LogP contribution >= 0.6 is 11.3 Å². The number of ether oxygens (including phenoxy) is 2. The number of aromatic nitrogens is 1. The van der Waals surface area contributed by atoms with Crippen LogP contribution in [-0.4, -0.2) is 29.2 Å². The first-order valence-electron chi connectivity index (χ1n) is 9.90. The van der Waals surface area contributed by atoms with Crippen molar-refractivity contribution in [3.8, 4) is 22.8 Å². The fourth-order valence-corrected chi connectivity index (χ4v) is 3.92. The molecule has 0 atom stereocenters. The predicted octanol–water partition coefficient (Wildman–Crippen LogP) is 5.39. The van der Waals surface area contributed by atoms with Crippen LogP contribution in [0, 0.1) is 12.3 Å². The Morgan fingerprint density at radius 1 is 1.03 bits per heavy atom. The molecule has 0 spiro atoms. The molecular weight excluding hydrogens is 398 g/mol. The fraction of sp³-hybridized carbons (Fsp3) is 0.304. The Hall–Kier alpha value is -2.90. The monoisotopic (exact) mass is 425 g/mol. The molecule has 0 aliphatic heterocycles. The number of hydrogen-bond acceptors (Lipinski definition) is 6. The van der Waals surface area contributed by atoms with Crippen LogP contribution in [0.3, 0.4) is 0 Å². The van der Waals surface area contributed by atoms with Crippen molar-refractivity contribution in [3.05, 3.63) is 64.0 Å². The van der Waals surface area contributed by atoms with Gasteiger partial charge in [-0.3, -0.25) is 16.1 Å². The maximum atomic E-state index is 8.74. The lowest BCUT2D eigenvalue weighted by atomic mass is 10.1. The molecule has 0 amide bonds. The summed E-state index contributed by atoms with van der Waals surface area (Å²) in [7, 11) is 0. The Labute approximate surface area is 181 Å². The van der Waals surface area contributed by atoms with E-state index in [1.54, 1.807) is 35.6 Å². The summed E-state index contributed by atoms with van der Waals surface area (Å²) in [5.74, 6) is 1.95. The SMILES string of the molecule is Cc1nc(-c2ccc(OCCCOc3ccc(C(=N)NO)cc3)cc2)c(C(C)C)s1. The van der Waals surface area contributed by atoms with E-state index in [0.717, 1.165) is 28.4 Å². The van der Waals surface area contributed by atoms with Crippen molar-refractivity contribution in [1.82, 2.24) is 10.5 Å². The lowest BCUT2D eigenvalue weighted by Gasteiger charge is -2.10. The molecule has 158 valence electrons. The van der Waals surface area contributed by atoms with Crippen LogP contribution in [0.4, 0.5) is 0 Å². The number of nitrogens with zero attached hydrogens (tertiary/aromatic N) is 1. The molecule has 0 saturated heterocycles. The highest BCUT2D eigenvalue weighted by molar-refractivity contribution is 7.12. The van der Waals surface area contributed by atoms with Gasteiger partial charge in [-0.2, -0.15) is 0 Å². The van der Waals surface area contributed by atoms with Gasteiger partial charge in [0.2, 0.25) is 0 Å². The quantitative estimate of drug-likeness (QED) is 0.185. The minimum Gasteiger partial charge on any atom is -0.493 e. The number of amidine groups is 1. The average Bonchev–Trinajstić information content (AvgIpc) is 3.16. The molecule has 0 radical (unpaired) electrons. The number of rotatable bonds is 9. The number of aryl methyl sites for hydroxylation is 1. The van der Waals surface area contributed by atoms with Crippen LogP contribution in [0.2, 0.25) is 0 Å². The third-order valence-electron chi connectivity index (χ3n) is 4.49. The molecule has 1 aromatic heterocycles. The molecule has 0 bridgehead atoms. The van der Waals surface area contributed by atoms with Crippen molar-refractivity contribution in [2.24, 2.45) is 0 Å². The first kappa shape index (κ1) is 21.8. The highest BCUT2D eigenvalue weighted by Crippen LogP contribution is 2.34. The number of hydrogen-bond donors (Lipinski definition) is 3. The third kappa shape index (κ3) is 5.58. The van der Waals surface area contributed by atoms with Crippen LogP contribution in [0.1, 0.15) is 41.6 Å². The summed E-state index contributed by atoms with van der Waals surface area (Å²) in [6.07, 6.45) is 0.750. The fourth-order valence-electron chi connectivity index (χ4n) is 2.97. The van der Waals surface area contributed by atoms with Gasteiger partial charge >= 0.3 is 0 Å². The van der Waals surface area contributed by atoms with E-state index in [-0.39, 0.29) is 5.84 Å². The summed E-state index contributed by atoms with van der Waals surface area (Å²) in [5, 5.41) is 17.3. The van der Waals surface area contributed by atoms with Gasteiger partial charge in [-0.15, -0.1) is 11.3 Å². The van der Waals surface area contributed by atoms with E-state index < -0.39 is 0 Å². The maximum absolute atomic E-state index is 8.74. The smallest absolute Gasteiger partial charge is 0.149 e. The highest BCUT2D eigenvalue weighted by Gasteiger charge is 2.14. The van der Waals surface area contributed by atoms with Gasteiger partial charge in [0.15, 0.2) is 0 Å². The van der Waals surface area contributed by atoms with Crippen molar-refractivity contribution < 1.29 is 14.7 Å². The van der Waals surface area contributed by atoms with Crippen molar-refractivity contribution in [1.29, 1.82) is 5.41 Å². The number of benzene rings is 2. The van der Waals surface area contributed by atoms with Gasteiger partial charge in [0.1, 0.15) is 17.3 Å². The Balaban J connectivity index is 1.45. The van der Waals surface area contributed by atoms with E-state index in [1.165, 1.54) is 4.88 Å². The molecule has 0 saturated carbocycles. The standard InChI is InChI=1S/C23H27N3O3S/c1-15(2)22-21(25-16(3)30-22)17-5-9-19(10-6-17)28-13-4-14-29-20-11-7-18(8-12-20)23(24)26-27/h5-12,15,27H,4,13-14H2,1-3H3,(H2,24,26). The molecule has 3 N–H and O–H groups in total. The van der Waals surface area contributed by atoms with E-state index in [4.69, 9.17) is 25.1 Å². The molecular formula is C23H27N3O3S. The van der Waals surface area contributed by atoms with E-state index in [1.807, 2.05) is 24.5 Å². The second kappa shape index (κ2) is 10.2.